The SMILES string of the molecule is CC(C)[C@H](N)C(=O)N[C@@H](C)C(=O)NCC(=O)N(C)CC(=O)O. The van der Waals surface area contributed by atoms with Crippen LogP contribution in [0.2, 0.25) is 0 Å². The minimum atomic E-state index is -1.15. The second kappa shape index (κ2) is 8.98. The molecule has 0 bridgehead atoms. The van der Waals surface area contributed by atoms with E-state index >= 15 is 0 Å². The first-order chi connectivity index (χ1) is 10.1. The third-order valence-corrected chi connectivity index (χ3v) is 2.99. The average molecular weight is 316 g/mol. The third-order valence-electron chi connectivity index (χ3n) is 2.99. The van der Waals surface area contributed by atoms with Gasteiger partial charge >= 0.3 is 5.97 Å². The number of amides is 3. The molecule has 0 aliphatic rings. The smallest absolute Gasteiger partial charge is 0.323 e. The number of nitrogens with one attached hydrogen (secondary N) is 2. The molecule has 0 aromatic carbocycles. The molecule has 0 radical (unpaired) electrons. The van der Waals surface area contributed by atoms with E-state index in [1.165, 1.54) is 14.0 Å². The molecule has 0 spiro atoms. The summed E-state index contributed by atoms with van der Waals surface area (Å²) in [7, 11) is 1.31. The largest absolute Gasteiger partial charge is 0.480 e. The van der Waals surface area contributed by atoms with Crippen LogP contribution in [0.15, 0.2) is 0 Å². The number of hydrogen-bond donors (Lipinski definition) is 4. The molecule has 2 atom stereocenters. The quantitative estimate of drug-likeness (QED) is 0.413. The molecule has 0 saturated carbocycles. The van der Waals surface area contributed by atoms with Crippen molar-refractivity contribution in [1.82, 2.24) is 15.5 Å². The zero-order chi connectivity index (χ0) is 17.4. The van der Waals surface area contributed by atoms with Gasteiger partial charge in [-0.25, -0.2) is 0 Å². The Bertz CT molecular complexity index is 438. The summed E-state index contributed by atoms with van der Waals surface area (Å²) in [4.78, 5) is 46.5. The van der Waals surface area contributed by atoms with Crippen molar-refractivity contribution >= 4 is 23.7 Å². The highest BCUT2D eigenvalue weighted by atomic mass is 16.4. The van der Waals surface area contributed by atoms with Crippen molar-refractivity contribution in [3.8, 4) is 0 Å². The van der Waals surface area contributed by atoms with Crippen molar-refractivity contribution in [2.75, 3.05) is 20.1 Å². The molecular formula is C13H24N4O5. The highest BCUT2D eigenvalue weighted by molar-refractivity contribution is 5.92. The standard InChI is InChI=1S/C13H24N4O5/c1-7(2)11(14)13(22)16-8(3)12(21)15-5-9(18)17(4)6-10(19)20/h7-8,11H,5-6,14H2,1-4H3,(H,15,21)(H,16,22)(H,19,20)/t8-,11-/m0/s1. The lowest BCUT2D eigenvalue weighted by Crippen LogP contribution is -2.52. The molecule has 22 heavy (non-hydrogen) atoms. The Labute approximate surface area is 129 Å². The topological polar surface area (TPSA) is 142 Å². The van der Waals surface area contributed by atoms with Gasteiger partial charge in [-0.3, -0.25) is 19.2 Å². The Morgan fingerprint density at radius 3 is 2.14 bits per heavy atom. The number of hydrogen-bond acceptors (Lipinski definition) is 5. The molecular weight excluding hydrogens is 292 g/mol. The Kier molecular flexibility index (Phi) is 8.10. The Balaban J connectivity index is 4.29. The number of carboxylic acid groups (broad SMARTS) is 1. The molecule has 3 amide bonds. The van der Waals surface area contributed by atoms with Crippen LogP contribution in [0.25, 0.3) is 0 Å². The molecule has 0 aliphatic carbocycles. The predicted molar refractivity (Wildman–Crippen MR) is 78.7 cm³/mol. The number of likely N-dealkylation sites (N-methyl/N-ethyl adjacent to an activating group) is 1. The van der Waals surface area contributed by atoms with Crippen molar-refractivity contribution in [3.05, 3.63) is 0 Å². The average Bonchev–Trinajstić information content (AvgIpc) is 2.42. The molecule has 0 heterocycles. The molecule has 0 unspecified atom stereocenters. The van der Waals surface area contributed by atoms with Crippen LogP contribution < -0.4 is 16.4 Å². The van der Waals surface area contributed by atoms with Gasteiger partial charge in [-0.15, -0.1) is 0 Å². The van der Waals surface area contributed by atoms with Crippen LogP contribution in [-0.4, -0.2) is 65.9 Å². The fraction of sp³-hybridized carbons (Fsp3) is 0.692. The van der Waals surface area contributed by atoms with Gasteiger partial charge in [0, 0.05) is 7.05 Å². The van der Waals surface area contributed by atoms with Crippen molar-refractivity contribution < 1.29 is 24.3 Å². The normalized spacial score (nSPS) is 13.2. The summed E-state index contributed by atoms with van der Waals surface area (Å²) in [6, 6.07) is -1.58. The molecule has 0 saturated heterocycles. The number of rotatable bonds is 8. The van der Waals surface area contributed by atoms with Crippen LogP contribution in [0.1, 0.15) is 20.8 Å². The molecule has 5 N–H and O–H groups in total. The number of carbonyl (C=O) groups is 4. The zero-order valence-corrected chi connectivity index (χ0v) is 13.3. The Morgan fingerprint density at radius 1 is 1.14 bits per heavy atom. The molecule has 0 rings (SSSR count). The fourth-order valence-electron chi connectivity index (χ4n) is 1.42. The first-order valence-electron chi connectivity index (χ1n) is 6.85. The van der Waals surface area contributed by atoms with E-state index in [-0.39, 0.29) is 12.5 Å². The molecule has 0 aliphatic heterocycles. The summed E-state index contributed by atoms with van der Waals surface area (Å²) in [5.74, 6) is -2.77. The van der Waals surface area contributed by atoms with Gasteiger partial charge in [-0.1, -0.05) is 13.8 Å². The van der Waals surface area contributed by atoms with Crippen LogP contribution in [0.5, 0.6) is 0 Å². The summed E-state index contributed by atoms with van der Waals surface area (Å²) < 4.78 is 0. The van der Waals surface area contributed by atoms with Gasteiger partial charge in [0.15, 0.2) is 0 Å². The van der Waals surface area contributed by atoms with Gasteiger partial charge in [0.25, 0.3) is 0 Å². The first-order valence-corrected chi connectivity index (χ1v) is 6.85. The fourth-order valence-corrected chi connectivity index (χ4v) is 1.42. The van der Waals surface area contributed by atoms with E-state index in [1.807, 2.05) is 0 Å². The van der Waals surface area contributed by atoms with E-state index in [0.717, 1.165) is 4.90 Å². The monoisotopic (exact) mass is 316 g/mol. The van der Waals surface area contributed by atoms with Gasteiger partial charge in [0.2, 0.25) is 17.7 Å². The van der Waals surface area contributed by atoms with Crippen molar-refractivity contribution in [3.63, 3.8) is 0 Å². The maximum Gasteiger partial charge on any atom is 0.323 e. The van der Waals surface area contributed by atoms with Crippen molar-refractivity contribution in [1.29, 1.82) is 0 Å². The van der Waals surface area contributed by atoms with Gasteiger partial charge in [-0.2, -0.15) is 0 Å². The number of nitrogens with two attached hydrogens (primary N) is 1. The molecule has 0 aromatic heterocycles. The van der Waals surface area contributed by atoms with E-state index in [0.29, 0.717) is 0 Å². The minimum Gasteiger partial charge on any atom is -0.480 e. The van der Waals surface area contributed by atoms with Crippen LogP contribution in [-0.2, 0) is 19.2 Å². The van der Waals surface area contributed by atoms with Crippen LogP contribution >= 0.6 is 0 Å². The van der Waals surface area contributed by atoms with E-state index in [4.69, 9.17) is 10.8 Å². The summed E-state index contributed by atoms with van der Waals surface area (Å²) in [5.41, 5.74) is 5.66. The van der Waals surface area contributed by atoms with Gasteiger partial charge in [0.1, 0.15) is 12.6 Å². The molecule has 126 valence electrons. The van der Waals surface area contributed by atoms with Crippen molar-refractivity contribution in [2.24, 2.45) is 11.7 Å². The lowest BCUT2D eigenvalue weighted by Gasteiger charge is -2.20. The van der Waals surface area contributed by atoms with Crippen molar-refractivity contribution in [2.45, 2.75) is 32.9 Å². The summed E-state index contributed by atoms with van der Waals surface area (Å²) >= 11 is 0. The second-order valence-corrected chi connectivity index (χ2v) is 5.36. The summed E-state index contributed by atoms with van der Waals surface area (Å²) in [5, 5.41) is 13.3. The summed E-state index contributed by atoms with van der Waals surface area (Å²) in [6.45, 7) is 4.23. The minimum absolute atomic E-state index is 0.0680. The van der Waals surface area contributed by atoms with E-state index in [9.17, 15) is 19.2 Å². The molecule has 9 nitrogen and oxygen atoms in total. The van der Waals surface area contributed by atoms with Crippen LogP contribution in [0.4, 0.5) is 0 Å². The van der Waals surface area contributed by atoms with Crippen LogP contribution in [0, 0.1) is 5.92 Å². The number of aliphatic carboxylic acids is 1. The molecule has 9 heteroatoms. The highest BCUT2D eigenvalue weighted by Gasteiger charge is 2.22. The third kappa shape index (κ3) is 7.02. The second-order valence-electron chi connectivity index (χ2n) is 5.36. The number of carboxylic acids is 1. The first kappa shape index (κ1) is 19.8. The maximum absolute atomic E-state index is 11.8. The van der Waals surface area contributed by atoms with Crippen LogP contribution in [0.3, 0.4) is 0 Å². The number of nitrogens with zero attached hydrogens (tertiary/aromatic N) is 1. The lowest BCUT2D eigenvalue weighted by atomic mass is 10.0. The Hall–Kier alpha value is -2.16. The maximum atomic E-state index is 11.8. The van der Waals surface area contributed by atoms with E-state index in [1.54, 1.807) is 13.8 Å². The van der Waals surface area contributed by atoms with Gasteiger partial charge < -0.3 is 26.4 Å². The van der Waals surface area contributed by atoms with Gasteiger partial charge in [-0.05, 0) is 12.8 Å². The lowest BCUT2D eigenvalue weighted by molar-refractivity contribution is -0.143. The van der Waals surface area contributed by atoms with Gasteiger partial charge in [0.05, 0.1) is 12.6 Å². The van der Waals surface area contributed by atoms with E-state index < -0.39 is 42.3 Å². The zero-order valence-electron chi connectivity index (χ0n) is 13.3. The van der Waals surface area contributed by atoms with E-state index in [2.05, 4.69) is 10.6 Å². The predicted octanol–water partition coefficient (Wildman–Crippen LogP) is -1.87. The Morgan fingerprint density at radius 2 is 1.68 bits per heavy atom. The summed E-state index contributed by atoms with van der Waals surface area (Å²) in [6.07, 6.45) is 0. The molecule has 0 aromatic rings. The highest BCUT2D eigenvalue weighted by Crippen LogP contribution is 1.98. The molecule has 0 fully saturated rings. The number of carbonyl (C=O) groups excluding carboxylic acids is 3.